The molecule has 0 spiro atoms. The molecule has 7 atom stereocenters. The van der Waals surface area contributed by atoms with E-state index in [1.54, 1.807) is 4.90 Å². The molecule has 0 radical (unpaired) electrons. The summed E-state index contributed by atoms with van der Waals surface area (Å²) in [5, 5.41) is 24.3. The lowest BCUT2D eigenvalue weighted by molar-refractivity contribution is -0.150. The molecule has 0 saturated carbocycles. The van der Waals surface area contributed by atoms with Gasteiger partial charge < -0.3 is 19.7 Å². The maximum atomic E-state index is 11.7. The lowest BCUT2D eigenvalue weighted by Crippen LogP contribution is -2.56. The van der Waals surface area contributed by atoms with Gasteiger partial charge in [0, 0.05) is 19.9 Å². The van der Waals surface area contributed by atoms with Crippen molar-refractivity contribution in [3.05, 3.63) is 35.9 Å². The molecule has 1 aromatic rings. The van der Waals surface area contributed by atoms with Crippen LogP contribution in [0.1, 0.15) is 32.8 Å². The fraction of sp³-hybridized carbons (Fsp3) is 0.583. The molecule has 3 aliphatic rings. The predicted octanol–water partition coefficient (Wildman–Crippen LogP) is 0.981. The molecule has 0 aliphatic carbocycles. The standard InChI is InChI=1S/C24H33N5O5S/c1-4-14(2)11-25-23-28-20-21(26-13-27-24(20,32)10-16-8-6-5-7-9-16)29(23)22-19(35)18(33-15(3)31)17(12-30)34-22/h5-9,13-14,17-19,22-23,25,30,32,35H,4,10-12H2,1-3H3/t14?,17-,18-,19-,22-,23?,24?/m1/s1. The normalized spacial score (nSPS) is 32.7. The Bertz CT molecular complexity index is 1010. The minimum absolute atomic E-state index is 0.222. The van der Waals surface area contributed by atoms with Crippen LogP contribution in [0.15, 0.2) is 45.3 Å². The first kappa shape index (κ1) is 25.8. The number of thiol groups is 1. The third kappa shape index (κ3) is 5.29. The van der Waals surface area contributed by atoms with Gasteiger partial charge in [0.15, 0.2) is 12.1 Å². The Morgan fingerprint density at radius 3 is 2.77 bits per heavy atom. The van der Waals surface area contributed by atoms with Gasteiger partial charge in [-0.1, -0.05) is 50.6 Å². The zero-order chi connectivity index (χ0) is 25.2. The highest BCUT2D eigenvalue weighted by Crippen LogP contribution is 2.36. The van der Waals surface area contributed by atoms with E-state index in [1.807, 2.05) is 30.3 Å². The number of hydrogen-bond acceptors (Lipinski definition) is 11. The molecular formula is C24H33N5O5S. The van der Waals surface area contributed by atoms with E-state index in [0.717, 1.165) is 12.0 Å². The zero-order valence-corrected chi connectivity index (χ0v) is 21.0. The van der Waals surface area contributed by atoms with E-state index >= 15 is 0 Å². The molecule has 0 bridgehead atoms. The minimum Gasteiger partial charge on any atom is -0.458 e. The van der Waals surface area contributed by atoms with Crippen LogP contribution in [0, 0.1) is 5.92 Å². The van der Waals surface area contributed by atoms with Crippen LogP contribution in [0.3, 0.4) is 0 Å². The summed E-state index contributed by atoms with van der Waals surface area (Å²) >= 11 is 4.71. The van der Waals surface area contributed by atoms with Gasteiger partial charge in [-0.3, -0.25) is 15.0 Å². The topological polar surface area (TPSA) is 128 Å². The number of esters is 1. The number of nitrogens with one attached hydrogen (secondary N) is 1. The van der Waals surface area contributed by atoms with Crippen molar-refractivity contribution >= 4 is 36.5 Å². The predicted molar refractivity (Wildman–Crippen MR) is 136 cm³/mol. The highest BCUT2D eigenvalue weighted by Gasteiger charge is 2.54. The van der Waals surface area contributed by atoms with Crippen molar-refractivity contribution in [3.8, 4) is 0 Å². The summed E-state index contributed by atoms with van der Waals surface area (Å²) in [6.45, 7) is 5.87. The number of hydrogen-bond donors (Lipinski definition) is 4. The highest BCUT2D eigenvalue weighted by molar-refractivity contribution is 7.81. The molecule has 1 saturated heterocycles. The number of nitrogens with zero attached hydrogens (tertiary/aromatic N) is 4. The van der Waals surface area contributed by atoms with Gasteiger partial charge in [0.2, 0.25) is 5.72 Å². The molecule has 1 aromatic carbocycles. The molecule has 3 unspecified atom stereocenters. The number of rotatable bonds is 9. The van der Waals surface area contributed by atoms with Crippen LogP contribution in [0.2, 0.25) is 0 Å². The van der Waals surface area contributed by atoms with Crippen LogP contribution in [0.25, 0.3) is 0 Å². The summed E-state index contributed by atoms with van der Waals surface area (Å²) in [4.78, 5) is 27.0. The van der Waals surface area contributed by atoms with Crippen LogP contribution in [-0.2, 0) is 20.7 Å². The first-order valence-electron chi connectivity index (χ1n) is 11.9. The quantitative estimate of drug-likeness (QED) is 0.292. The smallest absolute Gasteiger partial charge is 0.303 e. The van der Waals surface area contributed by atoms with Crippen LogP contribution >= 0.6 is 12.6 Å². The first-order chi connectivity index (χ1) is 16.8. The van der Waals surface area contributed by atoms with Gasteiger partial charge in [0.25, 0.3) is 0 Å². The average Bonchev–Trinajstić information content (AvgIpc) is 3.36. The summed E-state index contributed by atoms with van der Waals surface area (Å²) in [7, 11) is 0. The lowest BCUT2D eigenvalue weighted by atomic mass is 9.97. The van der Waals surface area contributed by atoms with Gasteiger partial charge >= 0.3 is 5.97 Å². The first-order valence-corrected chi connectivity index (χ1v) is 12.4. The van der Waals surface area contributed by atoms with Gasteiger partial charge in [0.1, 0.15) is 30.5 Å². The maximum Gasteiger partial charge on any atom is 0.303 e. The van der Waals surface area contributed by atoms with E-state index in [1.165, 1.54) is 13.3 Å². The van der Waals surface area contributed by atoms with Gasteiger partial charge in [-0.2, -0.15) is 12.6 Å². The van der Waals surface area contributed by atoms with Gasteiger partial charge in [-0.05, 0) is 11.5 Å². The summed E-state index contributed by atoms with van der Waals surface area (Å²) in [5.41, 5.74) is -0.385. The van der Waals surface area contributed by atoms with Crippen LogP contribution in [0.5, 0.6) is 0 Å². The fourth-order valence-electron chi connectivity index (χ4n) is 4.43. The Morgan fingerprint density at radius 1 is 1.37 bits per heavy atom. The van der Waals surface area contributed by atoms with E-state index in [2.05, 4.69) is 29.1 Å². The number of amidine groups is 1. The van der Waals surface area contributed by atoms with Crippen molar-refractivity contribution in [3.63, 3.8) is 0 Å². The Morgan fingerprint density at radius 2 is 2.11 bits per heavy atom. The van der Waals surface area contributed by atoms with Crippen LogP contribution in [-0.4, -0.2) is 87.8 Å². The summed E-state index contributed by atoms with van der Waals surface area (Å²) < 4.78 is 11.5. The van der Waals surface area contributed by atoms with Crippen molar-refractivity contribution in [2.75, 3.05) is 13.2 Å². The molecule has 190 valence electrons. The fourth-order valence-corrected chi connectivity index (χ4v) is 4.90. The zero-order valence-electron chi connectivity index (χ0n) is 20.1. The lowest BCUT2D eigenvalue weighted by Gasteiger charge is -2.35. The third-order valence-corrected chi connectivity index (χ3v) is 7.06. The minimum atomic E-state index is -1.61. The highest BCUT2D eigenvalue weighted by atomic mass is 32.1. The largest absolute Gasteiger partial charge is 0.458 e. The van der Waals surface area contributed by atoms with Crippen LogP contribution < -0.4 is 5.32 Å². The second-order valence-electron chi connectivity index (χ2n) is 9.17. The molecule has 3 N–H and O–H groups in total. The molecule has 3 aliphatic heterocycles. The van der Waals surface area contributed by atoms with Crippen molar-refractivity contribution in [2.45, 2.75) is 69.3 Å². The monoisotopic (exact) mass is 503 g/mol. The van der Waals surface area contributed by atoms with E-state index in [-0.39, 0.29) is 13.0 Å². The molecule has 3 heterocycles. The molecule has 0 amide bonds. The molecule has 4 rings (SSSR count). The Labute approximate surface area is 210 Å². The molecule has 11 heteroatoms. The van der Waals surface area contributed by atoms with Crippen LogP contribution in [0.4, 0.5) is 0 Å². The molecule has 0 aromatic heterocycles. The second-order valence-corrected chi connectivity index (χ2v) is 9.77. The van der Waals surface area contributed by atoms with E-state index in [9.17, 15) is 15.0 Å². The Kier molecular flexibility index (Phi) is 7.92. The summed E-state index contributed by atoms with van der Waals surface area (Å²) in [6, 6.07) is 9.56. The summed E-state index contributed by atoms with van der Waals surface area (Å²) in [5.74, 6) is 0.307. The second kappa shape index (κ2) is 10.8. The molecule has 10 nitrogen and oxygen atoms in total. The number of aliphatic imine (C=N–C) groups is 3. The average molecular weight is 504 g/mol. The van der Waals surface area contributed by atoms with Crippen molar-refractivity contribution in [1.29, 1.82) is 0 Å². The number of carbonyl (C=O) groups excluding carboxylic acids is 1. The number of aliphatic hydroxyl groups excluding tert-OH is 1. The SMILES string of the molecule is CCC(C)CNC1N=C2C(=NC=NC2(O)Cc2ccccc2)N1[C@@H]1O[C@H](CO)[C@@H](OC(C)=O)[C@H]1S. The van der Waals surface area contributed by atoms with E-state index < -0.39 is 41.7 Å². The number of ether oxygens (including phenoxy) is 2. The van der Waals surface area contributed by atoms with Gasteiger partial charge in [-0.15, -0.1) is 0 Å². The molecule has 1 fully saturated rings. The summed E-state index contributed by atoms with van der Waals surface area (Å²) in [6.07, 6.45) is -0.332. The molecular weight excluding hydrogens is 470 g/mol. The molecule has 35 heavy (non-hydrogen) atoms. The van der Waals surface area contributed by atoms with Crippen molar-refractivity contribution in [2.24, 2.45) is 20.9 Å². The number of carbonyl (C=O) groups is 1. The van der Waals surface area contributed by atoms with Crippen molar-refractivity contribution < 1.29 is 24.5 Å². The Balaban J connectivity index is 1.66. The number of aliphatic hydroxyl groups is 2. The van der Waals surface area contributed by atoms with Crippen molar-refractivity contribution in [1.82, 2.24) is 10.2 Å². The number of fused-ring (bicyclic) bond motifs is 1. The van der Waals surface area contributed by atoms with Gasteiger partial charge in [-0.25, -0.2) is 15.0 Å². The number of benzene rings is 1. The van der Waals surface area contributed by atoms with Gasteiger partial charge in [0.05, 0.1) is 11.9 Å². The van der Waals surface area contributed by atoms with E-state index in [4.69, 9.17) is 27.1 Å². The Hall–Kier alpha value is -2.31. The van der Waals surface area contributed by atoms with E-state index in [0.29, 0.717) is 24.0 Å². The third-order valence-electron chi connectivity index (χ3n) is 6.51. The maximum absolute atomic E-state index is 11.7.